The molecule has 2 aromatic carbocycles. The molecule has 0 saturated heterocycles. The molecule has 0 fully saturated rings. The number of nitriles is 1. The Morgan fingerprint density at radius 2 is 1.81 bits per heavy atom. The highest BCUT2D eigenvalue weighted by Crippen LogP contribution is 2.23. The smallest absolute Gasteiger partial charge is 0.258 e. The number of hydrogen-bond donors (Lipinski definition) is 3. The van der Waals surface area contributed by atoms with Crippen LogP contribution < -0.4 is 11.2 Å². The number of nitrogens with zero attached hydrogens (tertiary/aromatic N) is 4. The molecular weight excluding hydrogens is 330 g/mol. The normalized spacial score (nSPS) is 11.0. The van der Waals surface area contributed by atoms with Crippen LogP contribution in [0.5, 0.6) is 0 Å². The van der Waals surface area contributed by atoms with Gasteiger partial charge >= 0.3 is 0 Å². The van der Waals surface area contributed by atoms with Gasteiger partial charge in [-0.3, -0.25) is 10.8 Å². The topological polar surface area (TPSA) is 137 Å². The molecule has 0 radical (unpaired) electrons. The number of aromatic nitrogens is 2. The minimum atomic E-state index is -0.397. The van der Waals surface area contributed by atoms with Crippen molar-refractivity contribution < 1.29 is 4.52 Å². The van der Waals surface area contributed by atoms with Crippen molar-refractivity contribution in [1.82, 2.24) is 10.1 Å². The lowest BCUT2D eigenvalue weighted by molar-refractivity contribution is 0.432. The van der Waals surface area contributed by atoms with Gasteiger partial charge in [0.15, 0.2) is 5.84 Å². The van der Waals surface area contributed by atoms with Crippen molar-refractivity contribution in [1.29, 1.82) is 10.7 Å². The monoisotopic (exact) mass is 345 g/mol. The van der Waals surface area contributed by atoms with Gasteiger partial charge in [0.05, 0.1) is 5.69 Å². The zero-order chi connectivity index (χ0) is 18.5. The fraction of sp³-hybridized carbons (Fsp3) is 0.0556. The predicted molar refractivity (Wildman–Crippen MR) is 98.5 cm³/mol. The summed E-state index contributed by atoms with van der Waals surface area (Å²) in [4.78, 5) is 4.41. The van der Waals surface area contributed by atoms with E-state index in [1.165, 1.54) is 0 Å². The zero-order valence-corrected chi connectivity index (χ0v) is 13.9. The molecule has 0 spiro atoms. The third kappa shape index (κ3) is 3.73. The van der Waals surface area contributed by atoms with Crippen molar-refractivity contribution in [2.75, 3.05) is 5.43 Å². The molecule has 0 aliphatic carbocycles. The lowest BCUT2D eigenvalue weighted by atomic mass is 10.1. The second-order valence-electron chi connectivity index (χ2n) is 5.46. The number of benzene rings is 2. The van der Waals surface area contributed by atoms with E-state index < -0.39 is 5.84 Å². The summed E-state index contributed by atoms with van der Waals surface area (Å²) in [7, 11) is 0. The number of rotatable bonds is 5. The number of hydrogen-bond acceptors (Lipinski definition) is 7. The van der Waals surface area contributed by atoms with Crippen molar-refractivity contribution >= 4 is 17.2 Å². The Morgan fingerprint density at radius 1 is 1.15 bits per heavy atom. The Balaban J connectivity index is 1.76. The summed E-state index contributed by atoms with van der Waals surface area (Å²) in [5.41, 5.74) is 11.1. The van der Waals surface area contributed by atoms with Gasteiger partial charge in [-0.15, -0.1) is 0 Å². The van der Waals surface area contributed by atoms with Gasteiger partial charge in [-0.05, 0) is 31.2 Å². The number of nitrogens with two attached hydrogens (primary N) is 1. The van der Waals surface area contributed by atoms with Crippen LogP contribution in [0.25, 0.3) is 22.8 Å². The van der Waals surface area contributed by atoms with E-state index in [4.69, 9.17) is 20.9 Å². The van der Waals surface area contributed by atoms with Gasteiger partial charge in [0.1, 0.15) is 6.07 Å². The van der Waals surface area contributed by atoms with E-state index in [2.05, 4.69) is 20.7 Å². The SMILES string of the molecule is Cc1ccc(-c2noc(-c3ccc(N/N=C(\C#N)C(=N)N)cc3)n2)cc1. The van der Waals surface area contributed by atoms with Gasteiger partial charge in [-0.2, -0.15) is 15.3 Å². The number of hydrazone groups is 1. The average Bonchev–Trinajstić information content (AvgIpc) is 3.13. The quantitative estimate of drug-likeness (QED) is 0.369. The molecule has 0 amide bonds. The second kappa shape index (κ2) is 7.27. The number of aryl methyl sites for hydroxylation is 1. The van der Waals surface area contributed by atoms with E-state index in [0.29, 0.717) is 17.4 Å². The third-order valence-electron chi connectivity index (χ3n) is 3.53. The average molecular weight is 345 g/mol. The largest absolute Gasteiger partial charge is 0.382 e. The molecule has 128 valence electrons. The van der Waals surface area contributed by atoms with E-state index in [1.54, 1.807) is 30.3 Å². The number of anilines is 1. The molecule has 26 heavy (non-hydrogen) atoms. The summed E-state index contributed by atoms with van der Waals surface area (Å²) in [5, 5.41) is 23.8. The zero-order valence-electron chi connectivity index (χ0n) is 13.9. The van der Waals surface area contributed by atoms with Crippen molar-refractivity contribution in [3.63, 3.8) is 0 Å². The van der Waals surface area contributed by atoms with Crippen molar-refractivity contribution in [3.05, 3.63) is 54.1 Å². The van der Waals surface area contributed by atoms with Gasteiger partial charge in [0, 0.05) is 11.1 Å². The predicted octanol–water partition coefficient (Wildman–Crippen LogP) is 2.94. The molecule has 0 atom stereocenters. The molecule has 3 aromatic rings. The number of nitrogens with one attached hydrogen (secondary N) is 2. The molecule has 0 saturated carbocycles. The van der Waals surface area contributed by atoms with Crippen LogP contribution in [-0.2, 0) is 0 Å². The summed E-state index contributed by atoms with van der Waals surface area (Å²) in [6.07, 6.45) is 0. The van der Waals surface area contributed by atoms with E-state index in [1.807, 2.05) is 31.2 Å². The van der Waals surface area contributed by atoms with Gasteiger partial charge in [-0.1, -0.05) is 35.0 Å². The lowest BCUT2D eigenvalue weighted by Gasteiger charge is -2.01. The Hall–Kier alpha value is -3.99. The van der Waals surface area contributed by atoms with Crippen molar-refractivity contribution in [2.45, 2.75) is 6.92 Å². The molecule has 1 heterocycles. The van der Waals surface area contributed by atoms with E-state index in [0.717, 1.165) is 16.7 Å². The summed E-state index contributed by atoms with van der Waals surface area (Å²) < 4.78 is 5.33. The Bertz CT molecular complexity index is 995. The minimum Gasteiger partial charge on any atom is -0.382 e. The molecule has 0 bridgehead atoms. The van der Waals surface area contributed by atoms with Gasteiger partial charge in [-0.25, -0.2) is 0 Å². The first-order chi connectivity index (χ1) is 12.6. The van der Waals surface area contributed by atoms with Crippen LogP contribution in [0, 0.1) is 23.7 Å². The Labute approximate surface area is 149 Å². The highest BCUT2D eigenvalue weighted by Gasteiger charge is 2.10. The molecule has 0 aliphatic heterocycles. The summed E-state index contributed by atoms with van der Waals surface area (Å²) in [6, 6.07) is 16.6. The van der Waals surface area contributed by atoms with E-state index >= 15 is 0 Å². The first-order valence-electron chi connectivity index (χ1n) is 7.66. The van der Waals surface area contributed by atoms with Gasteiger partial charge < -0.3 is 10.3 Å². The first-order valence-corrected chi connectivity index (χ1v) is 7.66. The first kappa shape index (κ1) is 16.9. The van der Waals surface area contributed by atoms with Crippen LogP contribution in [0.4, 0.5) is 5.69 Å². The van der Waals surface area contributed by atoms with Crippen molar-refractivity contribution in [3.8, 4) is 28.9 Å². The Morgan fingerprint density at radius 3 is 2.42 bits per heavy atom. The van der Waals surface area contributed by atoms with Crippen LogP contribution in [0.2, 0.25) is 0 Å². The maximum Gasteiger partial charge on any atom is 0.258 e. The maximum absolute atomic E-state index is 8.81. The standard InChI is InChI=1S/C18H15N7O/c1-11-2-4-12(5-3-11)17-22-18(26-25-17)13-6-8-14(9-7-13)23-24-15(10-19)16(20)21/h2-9,23H,1H3,(H3,20,21)/b24-15+. The molecule has 0 aliphatic rings. The fourth-order valence-electron chi connectivity index (χ4n) is 2.11. The van der Waals surface area contributed by atoms with Crippen molar-refractivity contribution in [2.24, 2.45) is 10.8 Å². The maximum atomic E-state index is 8.81. The summed E-state index contributed by atoms with van der Waals surface area (Å²) >= 11 is 0. The van der Waals surface area contributed by atoms with Crippen LogP contribution in [0.15, 0.2) is 58.2 Å². The third-order valence-corrected chi connectivity index (χ3v) is 3.53. The summed E-state index contributed by atoms with van der Waals surface area (Å²) in [5.74, 6) is 0.523. The fourth-order valence-corrected chi connectivity index (χ4v) is 2.11. The second-order valence-corrected chi connectivity index (χ2v) is 5.46. The molecule has 8 nitrogen and oxygen atoms in total. The van der Waals surface area contributed by atoms with Crippen LogP contribution in [-0.4, -0.2) is 21.7 Å². The van der Waals surface area contributed by atoms with Crippen LogP contribution in [0.1, 0.15) is 5.56 Å². The van der Waals surface area contributed by atoms with Gasteiger partial charge in [0.2, 0.25) is 11.5 Å². The van der Waals surface area contributed by atoms with Crippen LogP contribution >= 0.6 is 0 Å². The molecular formula is C18H15N7O. The van der Waals surface area contributed by atoms with Crippen LogP contribution in [0.3, 0.4) is 0 Å². The number of amidine groups is 1. The molecule has 8 heteroatoms. The Kier molecular flexibility index (Phi) is 4.71. The molecule has 0 unspecified atom stereocenters. The summed E-state index contributed by atoms with van der Waals surface area (Å²) in [6.45, 7) is 2.01. The molecule has 1 aromatic heterocycles. The van der Waals surface area contributed by atoms with Gasteiger partial charge in [0.25, 0.3) is 5.89 Å². The lowest BCUT2D eigenvalue weighted by Crippen LogP contribution is -2.21. The highest BCUT2D eigenvalue weighted by molar-refractivity contribution is 6.45. The highest BCUT2D eigenvalue weighted by atomic mass is 16.5. The van der Waals surface area contributed by atoms with E-state index in [9.17, 15) is 0 Å². The van der Waals surface area contributed by atoms with E-state index in [-0.39, 0.29) is 5.71 Å². The molecule has 3 rings (SSSR count). The molecule has 4 N–H and O–H groups in total. The minimum absolute atomic E-state index is 0.186.